The molecule has 0 unspecified atom stereocenters. The Morgan fingerprint density at radius 2 is 2.00 bits per heavy atom. The molecular weight excluding hydrogens is 533 g/mol. The van der Waals surface area contributed by atoms with Crippen molar-refractivity contribution >= 4 is 34.3 Å². The van der Waals surface area contributed by atoms with Crippen molar-refractivity contribution in [2.24, 2.45) is 5.73 Å². The van der Waals surface area contributed by atoms with Gasteiger partial charge >= 0.3 is 0 Å². The summed E-state index contributed by atoms with van der Waals surface area (Å²) < 4.78 is 22.1. The molecule has 204 valence electrons. The van der Waals surface area contributed by atoms with Crippen LogP contribution in [0.2, 0.25) is 5.15 Å². The third-order valence-corrected chi connectivity index (χ3v) is 7.49. The van der Waals surface area contributed by atoms with Gasteiger partial charge in [0.25, 0.3) is 0 Å². The molecule has 1 saturated heterocycles. The van der Waals surface area contributed by atoms with Crippen molar-refractivity contribution in [2.75, 3.05) is 30.8 Å². The number of nitrogen functional groups attached to an aromatic ring is 1. The lowest BCUT2D eigenvalue weighted by molar-refractivity contribution is 0.345. The molecule has 0 radical (unpaired) electrons. The standard InChI is InChI=1S/C28H27ClFN9O/c1-40-18-6-7-19(20(30)11-18)21-10-17(13-39-16-36-25-26(31)34-15-35-27(25)39)22(12-33-21)38-9-3-8-28(32,14-38)23-4-2-5-24(29)37-23/h2,4-7,10-12,15-16H,3,8-9,13-14,32H2,1H3,(H2,31,34,35)/t28-/m1/s1. The number of halogens is 2. The Hall–Kier alpha value is -4.35. The first-order valence-electron chi connectivity index (χ1n) is 12.8. The molecule has 4 N–H and O–H groups in total. The van der Waals surface area contributed by atoms with Crippen LogP contribution in [0.1, 0.15) is 24.1 Å². The van der Waals surface area contributed by atoms with Crippen LogP contribution in [-0.2, 0) is 12.1 Å². The average Bonchev–Trinajstić information content (AvgIpc) is 3.37. The van der Waals surface area contributed by atoms with Crippen molar-refractivity contribution in [3.63, 3.8) is 0 Å². The van der Waals surface area contributed by atoms with Gasteiger partial charge in [-0.05, 0) is 48.7 Å². The predicted octanol–water partition coefficient (Wildman–Crippen LogP) is 4.17. The third-order valence-electron chi connectivity index (χ3n) is 7.28. The van der Waals surface area contributed by atoms with Gasteiger partial charge in [-0.25, -0.2) is 24.3 Å². The molecule has 40 heavy (non-hydrogen) atoms. The van der Waals surface area contributed by atoms with Crippen molar-refractivity contribution in [1.82, 2.24) is 29.5 Å². The Morgan fingerprint density at radius 1 is 1.12 bits per heavy atom. The molecule has 0 aliphatic carbocycles. The second-order valence-electron chi connectivity index (χ2n) is 9.87. The van der Waals surface area contributed by atoms with Gasteiger partial charge in [-0.15, -0.1) is 0 Å². The summed E-state index contributed by atoms with van der Waals surface area (Å²) in [5.41, 5.74) is 16.7. The largest absolute Gasteiger partial charge is 0.497 e. The summed E-state index contributed by atoms with van der Waals surface area (Å²) in [6.45, 7) is 1.66. The Kier molecular flexibility index (Phi) is 6.68. The summed E-state index contributed by atoms with van der Waals surface area (Å²) in [6.07, 6.45) is 6.46. The molecule has 0 spiro atoms. The van der Waals surface area contributed by atoms with Gasteiger partial charge in [0, 0.05) is 24.7 Å². The number of aromatic nitrogens is 6. The van der Waals surface area contributed by atoms with Crippen LogP contribution in [0.15, 0.2) is 61.3 Å². The van der Waals surface area contributed by atoms with E-state index in [-0.39, 0.29) is 0 Å². The summed E-state index contributed by atoms with van der Waals surface area (Å²) in [5, 5.41) is 0.404. The Bertz CT molecular complexity index is 1710. The predicted molar refractivity (Wildman–Crippen MR) is 152 cm³/mol. The second-order valence-corrected chi connectivity index (χ2v) is 10.3. The number of pyridine rings is 2. The van der Waals surface area contributed by atoms with Crippen molar-refractivity contribution in [2.45, 2.75) is 24.9 Å². The molecule has 10 nitrogen and oxygen atoms in total. The molecule has 12 heteroatoms. The molecule has 1 aromatic carbocycles. The highest BCUT2D eigenvalue weighted by molar-refractivity contribution is 6.29. The van der Waals surface area contributed by atoms with E-state index in [0.29, 0.717) is 52.2 Å². The van der Waals surface area contributed by atoms with Gasteiger partial charge in [-0.2, -0.15) is 0 Å². The molecule has 1 fully saturated rings. The summed E-state index contributed by atoms with van der Waals surface area (Å²) in [7, 11) is 1.50. The van der Waals surface area contributed by atoms with E-state index in [1.807, 2.05) is 22.8 Å². The number of piperidine rings is 1. The lowest BCUT2D eigenvalue weighted by Crippen LogP contribution is -2.52. The van der Waals surface area contributed by atoms with Gasteiger partial charge in [0.2, 0.25) is 0 Å². The van der Waals surface area contributed by atoms with E-state index in [0.717, 1.165) is 36.3 Å². The van der Waals surface area contributed by atoms with E-state index >= 15 is 4.39 Å². The van der Waals surface area contributed by atoms with Crippen LogP contribution in [0.25, 0.3) is 22.4 Å². The number of hydrogen-bond acceptors (Lipinski definition) is 9. The molecular formula is C28H27ClFN9O. The van der Waals surface area contributed by atoms with Crippen LogP contribution in [0.3, 0.4) is 0 Å². The topological polar surface area (TPSA) is 134 Å². The molecule has 0 bridgehead atoms. The van der Waals surface area contributed by atoms with Crippen LogP contribution < -0.4 is 21.1 Å². The van der Waals surface area contributed by atoms with Gasteiger partial charge in [-0.3, -0.25) is 4.98 Å². The Morgan fingerprint density at radius 3 is 2.80 bits per heavy atom. The fraction of sp³-hybridized carbons (Fsp3) is 0.250. The minimum Gasteiger partial charge on any atom is -0.497 e. The number of benzene rings is 1. The highest BCUT2D eigenvalue weighted by atomic mass is 35.5. The minimum atomic E-state index is -0.704. The highest BCUT2D eigenvalue weighted by Gasteiger charge is 2.35. The van der Waals surface area contributed by atoms with E-state index in [1.165, 1.54) is 19.5 Å². The molecule has 0 amide bonds. The normalized spacial score (nSPS) is 17.4. The number of fused-ring (bicyclic) bond motifs is 1. The van der Waals surface area contributed by atoms with Gasteiger partial charge in [0.05, 0.1) is 48.8 Å². The minimum absolute atomic E-state index is 0.303. The average molecular weight is 560 g/mol. The van der Waals surface area contributed by atoms with Crippen LogP contribution >= 0.6 is 11.6 Å². The zero-order valence-corrected chi connectivity index (χ0v) is 22.5. The molecule has 1 aliphatic rings. The Labute approximate surface area is 234 Å². The smallest absolute Gasteiger partial charge is 0.165 e. The van der Waals surface area contributed by atoms with E-state index in [4.69, 9.17) is 27.8 Å². The van der Waals surface area contributed by atoms with Crippen LogP contribution in [-0.4, -0.2) is 49.7 Å². The Balaban J connectivity index is 1.43. The molecule has 6 rings (SSSR count). The first-order chi connectivity index (χ1) is 19.3. The second kappa shape index (κ2) is 10.3. The number of rotatable bonds is 6. The van der Waals surface area contributed by atoms with Crippen molar-refractivity contribution < 1.29 is 9.13 Å². The monoisotopic (exact) mass is 559 g/mol. The summed E-state index contributed by atoms with van der Waals surface area (Å²) >= 11 is 6.19. The van der Waals surface area contributed by atoms with Gasteiger partial charge < -0.3 is 25.7 Å². The molecule has 4 aromatic heterocycles. The summed E-state index contributed by atoms with van der Waals surface area (Å²) in [5.74, 6) is 0.310. The van der Waals surface area contributed by atoms with Crippen LogP contribution in [0.4, 0.5) is 15.9 Å². The van der Waals surface area contributed by atoms with E-state index < -0.39 is 11.4 Å². The van der Waals surface area contributed by atoms with E-state index in [1.54, 1.807) is 30.7 Å². The first kappa shape index (κ1) is 25.9. The molecule has 0 saturated carbocycles. The quantitative estimate of drug-likeness (QED) is 0.294. The molecule has 1 atom stereocenters. The number of methoxy groups -OCH3 is 1. The molecule has 1 aliphatic heterocycles. The number of nitrogens with zero attached hydrogens (tertiary/aromatic N) is 7. The number of nitrogens with two attached hydrogens (primary N) is 2. The lowest BCUT2D eigenvalue weighted by atomic mass is 9.86. The van der Waals surface area contributed by atoms with Crippen LogP contribution in [0.5, 0.6) is 5.75 Å². The lowest BCUT2D eigenvalue weighted by Gasteiger charge is -2.41. The molecule has 5 heterocycles. The fourth-order valence-electron chi connectivity index (χ4n) is 5.26. The summed E-state index contributed by atoms with van der Waals surface area (Å²) in [4.78, 5) is 24.2. The van der Waals surface area contributed by atoms with E-state index in [9.17, 15) is 0 Å². The maximum absolute atomic E-state index is 15.1. The van der Waals surface area contributed by atoms with Crippen molar-refractivity contribution in [3.8, 4) is 17.0 Å². The van der Waals surface area contributed by atoms with E-state index in [2.05, 4.69) is 29.8 Å². The molecule has 5 aromatic rings. The summed E-state index contributed by atoms with van der Waals surface area (Å²) in [6, 6.07) is 12.1. The number of anilines is 2. The van der Waals surface area contributed by atoms with Gasteiger partial charge in [-0.1, -0.05) is 17.7 Å². The highest BCUT2D eigenvalue weighted by Crippen LogP contribution is 2.35. The van der Waals surface area contributed by atoms with Crippen molar-refractivity contribution in [1.29, 1.82) is 0 Å². The maximum atomic E-state index is 15.1. The number of ether oxygens (including phenoxy) is 1. The van der Waals surface area contributed by atoms with Gasteiger partial charge in [0.15, 0.2) is 11.5 Å². The van der Waals surface area contributed by atoms with Crippen molar-refractivity contribution in [3.05, 3.63) is 83.5 Å². The zero-order valence-electron chi connectivity index (χ0n) is 21.8. The van der Waals surface area contributed by atoms with Gasteiger partial charge in [0.1, 0.15) is 28.6 Å². The van der Waals surface area contributed by atoms with Crippen LogP contribution in [0, 0.1) is 5.82 Å². The number of hydrogen-bond donors (Lipinski definition) is 2. The third kappa shape index (κ3) is 4.78. The first-order valence-corrected chi connectivity index (χ1v) is 13.1. The SMILES string of the molecule is COc1ccc(-c2cc(Cn3cnc4c(N)ncnc43)c(N3CCC[C@](N)(c4cccc(Cl)n4)C3)cn2)c(F)c1. The fourth-order valence-corrected chi connectivity index (χ4v) is 5.43. The zero-order chi connectivity index (χ0) is 27.9. The number of imidazole rings is 1. The maximum Gasteiger partial charge on any atom is 0.165 e.